The van der Waals surface area contributed by atoms with Gasteiger partial charge < -0.3 is 5.73 Å². The maximum Gasteiger partial charge on any atom is 0.324 e. The smallest absolute Gasteiger partial charge is 0.324 e. The van der Waals surface area contributed by atoms with Crippen LogP contribution in [0.15, 0.2) is 48.9 Å². The van der Waals surface area contributed by atoms with E-state index in [0.717, 1.165) is 32.2 Å². The highest BCUT2D eigenvalue weighted by atomic mass is 32.1. The summed E-state index contributed by atoms with van der Waals surface area (Å²) >= 11 is 1.55. The molecule has 4 rings (SSSR count). The first kappa shape index (κ1) is 14.5. The van der Waals surface area contributed by atoms with Gasteiger partial charge in [0.15, 0.2) is 0 Å². The van der Waals surface area contributed by atoms with Crippen LogP contribution in [0.4, 0.5) is 4.79 Å². The van der Waals surface area contributed by atoms with Crippen molar-refractivity contribution in [2.45, 2.75) is 6.92 Å². The Kier molecular flexibility index (Phi) is 3.35. The largest absolute Gasteiger partial charge is 0.351 e. The summed E-state index contributed by atoms with van der Waals surface area (Å²) in [6, 6.07) is 8.99. The highest BCUT2D eigenvalue weighted by Gasteiger charge is 2.14. The molecule has 0 radical (unpaired) electrons. The molecule has 0 aliphatic carbocycles. The molecule has 0 unspecified atom stereocenters. The number of amides is 1. The van der Waals surface area contributed by atoms with Crippen molar-refractivity contribution in [3.8, 4) is 21.1 Å². The molecule has 0 saturated carbocycles. The van der Waals surface area contributed by atoms with Crippen LogP contribution in [0.2, 0.25) is 0 Å². The monoisotopic (exact) mass is 335 g/mol. The number of carbonyl (C=O) groups is 1. The zero-order valence-electron chi connectivity index (χ0n) is 12.8. The summed E-state index contributed by atoms with van der Waals surface area (Å²) < 4.78 is 1.34. The van der Waals surface area contributed by atoms with Crippen LogP contribution in [0, 0.1) is 6.92 Å². The quantitative estimate of drug-likeness (QED) is 0.608. The molecule has 118 valence electrons. The summed E-state index contributed by atoms with van der Waals surface area (Å²) in [6.07, 6.45) is 5.15. The number of carbonyl (C=O) groups excluding carboxylic acids is 1. The molecule has 0 saturated heterocycles. The summed E-state index contributed by atoms with van der Waals surface area (Å²) in [6.45, 7) is 1.95. The number of thiazole rings is 1. The third-order valence-corrected chi connectivity index (χ3v) is 4.94. The fourth-order valence-electron chi connectivity index (χ4n) is 2.56. The van der Waals surface area contributed by atoms with Crippen LogP contribution in [-0.4, -0.2) is 25.6 Å². The summed E-state index contributed by atoms with van der Waals surface area (Å²) in [5.74, 6) is 0. The lowest BCUT2D eigenvalue weighted by molar-refractivity contribution is 0.251. The van der Waals surface area contributed by atoms with E-state index < -0.39 is 6.03 Å². The van der Waals surface area contributed by atoms with Gasteiger partial charge in [-0.25, -0.2) is 14.8 Å². The molecule has 0 fully saturated rings. The van der Waals surface area contributed by atoms with E-state index in [-0.39, 0.29) is 0 Å². The summed E-state index contributed by atoms with van der Waals surface area (Å²) in [4.78, 5) is 25.8. The summed E-state index contributed by atoms with van der Waals surface area (Å²) in [7, 11) is 0. The SMILES string of the molecule is Cc1nc(-c2cccnc2)sc1-c1ccc2ccn(C(N)=O)c2n1. The van der Waals surface area contributed by atoms with Gasteiger partial charge in [-0.2, -0.15) is 0 Å². The van der Waals surface area contributed by atoms with Crippen molar-refractivity contribution < 1.29 is 4.79 Å². The molecule has 6 nitrogen and oxygen atoms in total. The molecule has 0 spiro atoms. The van der Waals surface area contributed by atoms with E-state index in [4.69, 9.17) is 5.73 Å². The van der Waals surface area contributed by atoms with Gasteiger partial charge in [0, 0.05) is 29.5 Å². The molecule has 1 amide bonds. The van der Waals surface area contributed by atoms with Crippen molar-refractivity contribution in [3.63, 3.8) is 0 Å². The fourth-order valence-corrected chi connectivity index (χ4v) is 3.58. The van der Waals surface area contributed by atoms with Crippen LogP contribution in [0.5, 0.6) is 0 Å². The van der Waals surface area contributed by atoms with Gasteiger partial charge in [0.05, 0.1) is 16.3 Å². The van der Waals surface area contributed by atoms with Crippen molar-refractivity contribution in [2.75, 3.05) is 0 Å². The first-order valence-electron chi connectivity index (χ1n) is 7.29. The van der Waals surface area contributed by atoms with E-state index in [2.05, 4.69) is 15.0 Å². The highest BCUT2D eigenvalue weighted by molar-refractivity contribution is 7.18. The van der Waals surface area contributed by atoms with E-state index in [1.165, 1.54) is 4.57 Å². The third kappa shape index (κ3) is 2.35. The standard InChI is InChI=1S/C17H13N5OS/c1-10-14(24-16(20-10)12-3-2-7-19-9-12)13-5-4-11-6-8-22(17(18)23)15(11)21-13/h2-9H,1H3,(H2,18,23). The van der Waals surface area contributed by atoms with Gasteiger partial charge in [-0.3, -0.25) is 9.55 Å². The Morgan fingerprint density at radius 2 is 2.08 bits per heavy atom. The van der Waals surface area contributed by atoms with Crippen molar-refractivity contribution in [3.05, 3.63) is 54.6 Å². The Labute approximate surface area is 141 Å². The second kappa shape index (κ2) is 5.54. The zero-order valence-corrected chi connectivity index (χ0v) is 13.6. The number of pyridine rings is 2. The van der Waals surface area contributed by atoms with Gasteiger partial charge >= 0.3 is 6.03 Å². The van der Waals surface area contributed by atoms with Crippen molar-refractivity contribution in [1.82, 2.24) is 19.5 Å². The van der Waals surface area contributed by atoms with Gasteiger partial charge in [0.2, 0.25) is 0 Å². The normalized spacial score (nSPS) is 11.0. The van der Waals surface area contributed by atoms with Crippen molar-refractivity contribution in [1.29, 1.82) is 0 Å². The van der Waals surface area contributed by atoms with Gasteiger partial charge in [0.25, 0.3) is 0 Å². The molecule has 0 aliphatic heterocycles. The first-order valence-corrected chi connectivity index (χ1v) is 8.11. The zero-order chi connectivity index (χ0) is 16.7. The predicted octanol–water partition coefficient (Wildman–Crippen LogP) is 3.46. The predicted molar refractivity (Wildman–Crippen MR) is 93.8 cm³/mol. The van der Waals surface area contributed by atoms with Gasteiger partial charge in [-0.15, -0.1) is 11.3 Å². The highest BCUT2D eigenvalue weighted by Crippen LogP contribution is 2.34. The Hall–Kier alpha value is -3.06. The topological polar surface area (TPSA) is 86.7 Å². The number of primary amides is 1. The molecule has 7 heteroatoms. The lowest BCUT2D eigenvalue weighted by Gasteiger charge is -2.01. The number of nitrogens with two attached hydrogens (primary N) is 1. The molecule has 0 aliphatic rings. The molecule has 24 heavy (non-hydrogen) atoms. The Morgan fingerprint density at radius 3 is 2.83 bits per heavy atom. The van der Waals surface area contributed by atoms with Crippen LogP contribution in [0.1, 0.15) is 5.69 Å². The summed E-state index contributed by atoms with van der Waals surface area (Å²) in [5, 5.41) is 1.76. The molecule has 4 heterocycles. The Morgan fingerprint density at radius 1 is 1.21 bits per heavy atom. The van der Waals surface area contributed by atoms with E-state index >= 15 is 0 Å². The van der Waals surface area contributed by atoms with Gasteiger partial charge in [-0.05, 0) is 37.3 Å². The lowest BCUT2D eigenvalue weighted by Crippen LogP contribution is -2.18. The number of aryl methyl sites for hydroxylation is 1. The average Bonchev–Trinajstić information content (AvgIpc) is 3.18. The van der Waals surface area contributed by atoms with Crippen LogP contribution in [0.3, 0.4) is 0 Å². The van der Waals surface area contributed by atoms with Crippen LogP contribution >= 0.6 is 11.3 Å². The second-order valence-electron chi connectivity index (χ2n) is 5.31. The number of nitrogens with zero attached hydrogens (tertiary/aromatic N) is 4. The number of hydrogen-bond donors (Lipinski definition) is 1. The maximum atomic E-state index is 11.5. The molecule has 4 aromatic rings. The van der Waals surface area contributed by atoms with Crippen LogP contribution < -0.4 is 5.73 Å². The van der Waals surface area contributed by atoms with Crippen molar-refractivity contribution in [2.24, 2.45) is 5.73 Å². The molecule has 0 aromatic carbocycles. The molecule has 0 atom stereocenters. The minimum absolute atomic E-state index is 0.549. The number of aromatic nitrogens is 4. The summed E-state index contributed by atoms with van der Waals surface area (Å²) in [5.41, 5.74) is 8.58. The van der Waals surface area contributed by atoms with Crippen LogP contribution in [0.25, 0.3) is 32.2 Å². The van der Waals surface area contributed by atoms with E-state index in [1.54, 1.807) is 29.9 Å². The Bertz CT molecular complexity index is 1050. The number of rotatable bonds is 2. The van der Waals surface area contributed by atoms with Gasteiger partial charge in [0.1, 0.15) is 10.7 Å². The van der Waals surface area contributed by atoms with Crippen molar-refractivity contribution >= 4 is 28.4 Å². The lowest BCUT2D eigenvalue weighted by atomic mass is 10.2. The molecule has 4 aromatic heterocycles. The molecule has 2 N–H and O–H groups in total. The van der Waals surface area contributed by atoms with Gasteiger partial charge in [-0.1, -0.05) is 0 Å². The fraction of sp³-hybridized carbons (Fsp3) is 0.0588. The Balaban J connectivity index is 1.84. The number of hydrogen-bond acceptors (Lipinski definition) is 5. The minimum Gasteiger partial charge on any atom is -0.351 e. The third-order valence-electron chi connectivity index (χ3n) is 3.71. The molecule has 0 bridgehead atoms. The molecular weight excluding hydrogens is 322 g/mol. The van der Waals surface area contributed by atoms with E-state index in [1.807, 2.05) is 37.3 Å². The second-order valence-corrected chi connectivity index (χ2v) is 6.31. The van der Waals surface area contributed by atoms with Crippen LogP contribution in [-0.2, 0) is 0 Å². The number of fused-ring (bicyclic) bond motifs is 1. The average molecular weight is 335 g/mol. The first-order chi connectivity index (χ1) is 11.6. The maximum absolute atomic E-state index is 11.5. The van der Waals surface area contributed by atoms with E-state index in [9.17, 15) is 4.79 Å². The minimum atomic E-state index is -0.549. The molecular formula is C17H13N5OS. The van der Waals surface area contributed by atoms with E-state index in [0.29, 0.717) is 5.65 Å².